The van der Waals surface area contributed by atoms with Crippen molar-refractivity contribution in [3.8, 4) is 0 Å². The Labute approximate surface area is 68.0 Å². The molecular formula is C8H17NO2. The molecule has 0 radical (unpaired) electrons. The van der Waals surface area contributed by atoms with Crippen LogP contribution in [-0.4, -0.2) is 35.1 Å². The number of carboxylic acid groups (broad SMARTS) is 1. The van der Waals surface area contributed by atoms with Crippen LogP contribution in [-0.2, 0) is 4.79 Å². The number of carbonyl (C=O) groups is 1. The second-order valence-electron chi connectivity index (χ2n) is 2.87. The van der Waals surface area contributed by atoms with E-state index in [0.29, 0.717) is 12.6 Å². The summed E-state index contributed by atoms with van der Waals surface area (Å²) < 4.78 is 0. The monoisotopic (exact) mass is 159 g/mol. The summed E-state index contributed by atoms with van der Waals surface area (Å²) in [6, 6.07) is 0.444. The lowest BCUT2D eigenvalue weighted by Crippen LogP contribution is -2.32. The van der Waals surface area contributed by atoms with Gasteiger partial charge >= 0.3 is 5.97 Å². The van der Waals surface area contributed by atoms with Crippen LogP contribution in [0, 0.1) is 0 Å². The van der Waals surface area contributed by atoms with Gasteiger partial charge in [0, 0.05) is 12.6 Å². The summed E-state index contributed by atoms with van der Waals surface area (Å²) in [5.74, 6) is -0.718. The Morgan fingerprint density at radius 2 is 2.09 bits per heavy atom. The summed E-state index contributed by atoms with van der Waals surface area (Å²) >= 11 is 0. The minimum absolute atomic E-state index is 0.242. The fourth-order valence-corrected chi connectivity index (χ4v) is 1.02. The van der Waals surface area contributed by atoms with Gasteiger partial charge in [-0.15, -0.1) is 0 Å². The van der Waals surface area contributed by atoms with Gasteiger partial charge in [-0.05, 0) is 20.4 Å². The molecule has 11 heavy (non-hydrogen) atoms. The van der Waals surface area contributed by atoms with Gasteiger partial charge in [0.25, 0.3) is 0 Å². The maximum Gasteiger partial charge on any atom is 0.304 e. The molecule has 0 unspecified atom stereocenters. The maximum atomic E-state index is 10.2. The van der Waals surface area contributed by atoms with Gasteiger partial charge in [0.05, 0.1) is 6.42 Å². The van der Waals surface area contributed by atoms with Crippen molar-refractivity contribution in [2.24, 2.45) is 0 Å². The van der Waals surface area contributed by atoms with Gasteiger partial charge in [-0.2, -0.15) is 0 Å². The van der Waals surface area contributed by atoms with Gasteiger partial charge in [0.2, 0.25) is 0 Å². The molecule has 0 spiro atoms. The summed E-state index contributed by atoms with van der Waals surface area (Å²) in [5, 5.41) is 8.41. The highest BCUT2D eigenvalue weighted by atomic mass is 16.4. The van der Waals surface area contributed by atoms with Crippen LogP contribution >= 0.6 is 0 Å². The van der Waals surface area contributed by atoms with E-state index in [1.54, 1.807) is 0 Å². The van der Waals surface area contributed by atoms with Gasteiger partial charge < -0.3 is 10.0 Å². The Balaban J connectivity index is 3.61. The number of rotatable bonds is 5. The summed E-state index contributed by atoms with van der Waals surface area (Å²) in [5.41, 5.74) is 0. The van der Waals surface area contributed by atoms with Crippen molar-refractivity contribution in [1.82, 2.24) is 4.90 Å². The van der Waals surface area contributed by atoms with Gasteiger partial charge in [-0.3, -0.25) is 4.79 Å². The molecule has 0 aliphatic rings. The smallest absolute Gasteiger partial charge is 0.304 e. The SMILES string of the molecule is CCN(CCC(=O)O)C(C)C. The molecule has 0 heterocycles. The Morgan fingerprint density at radius 3 is 2.36 bits per heavy atom. The van der Waals surface area contributed by atoms with Crippen molar-refractivity contribution in [2.75, 3.05) is 13.1 Å². The average Bonchev–Trinajstić information content (AvgIpc) is 1.87. The van der Waals surface area contributed by atoms with Crippen molar-refractivity contribution in [3.05, 3.63) is 0 Å². The lowest BCUT2D eigenvalue weighted by Gasteiger charge is -2.23. The lowest BCUT2D eigenvalue weighted by molar-refractivity contribution is -0.137. The van der Waals surface area contributed by atoms with Gasteiger partial charge in [-0.25, -0.2) is 0 Å². The van der Waals surface area contributed by atoms with E-state index < -0.39 is 5.97 Å². The molecule has 0 saturated heterocycles. The molecule has 3 heteroatoms. The number of hydrogen-bond acceptors (Lipinski definition) is 2. The minimum Gasteiger partial charge on any atom is -0.481 e. The first-order valence-electron chi connectivity index (χ1n) is 4.03. The first-order valence-corrected chi connectivity index (χ1v) is 4.03. The van der Waals surface area contributed by atoms with Crippen molar-refractivity contribution >= 4 is 5.97 Å². The van der Waals surface area contributed by atoms with Gasteiger partial charge in [0.15, 0.2) is 0 Å². The molecule has 0 aliphatic carbocycles. The third-order valence-corrected chi connectivity index (χ3v) is 1.75. The van der Waals surface area contributed by atoms with E-state index >= 15 is 0 Å². The van der Waals surface area contributed by atoms with Crippen molar-refractivity contribution < 1.29 is 9.90 Å². The third-order valence-electron chi connectivity index (χ3n) is 1.75. The molecule has 1 N–H and O–H groups in total. The van der Waals surface area contributed by atoms with E-state index in [-0.39, 0.29) is 6.42 Å². The van der Waals surface area contributed by atoms with Crippen LogP contribution in [0.25, 0.3) is 0 Å². The summed E-state index contributed by atoms with van der Waals surface area (Å²) in [6.45, 7) is 7.77. The highest BCUT2D eigenvalue weighted by molar-refractivity contribution is 5.66. The molecule has 0 fully saturated rings. The largest absolute Gasteiger partial charge is 0.481 e. The zero-order chi connectivity index (χ0) is 8.85. The number of carboxylic acids is 1. The molecular weight excluding hydrogens is 142 g/mol. The van der Waals surface area contributed by atoms with Crippen LogP contribution in [0.4, 0.5) is 0 Å². The van der Waals surface area contributed by atoms with Crippen LogP contribution in [0.5, 0.6) is 0 Å². The molecule has 0 saturated carbocycles. The molecule has 0 rings (SSSR count). The molecule has 0 amide bonds. The lowest BCUT2D eigenvalue weighted by atomic mass is 10.3. The van der Waals surface area contributed by atoms with Crippen LogP contribution in [0.1, 0.15) is 27.2 Å². The number of hydrogen-bond donors (Lipinski definition) is 1. The standard InChI is InChI=1S/C8H17NO2/c1-4-9(7(2)3)6-5-8(10)11/h7H,4-6H2,1-3H3,(H,10,11). The highest BCUT2D eigenvalue weighted by Crippen LogP contribution is 1.98. The first-order chi connectivity index (χ1) is 5.07. The van der Waals surface area contributed by atoms with E-state index in [1.807, 2.05) is 6.92 Å². The second kappa shape index (κ2) is 5.13. The van der Waals surface area contributed by atoms with E-state index in [1.165, 1.54) is 0 Å². The Hall–Kier alpha value is -0.570. The predicted molar refractivity (Wildman–Crippen MR) is 44.6 cm³/mol. The first kappa shape index (κ1) is 10.4. The van der Waals surface area contributed by atoms with Crippen LogP contribution in [0.2, 0.25) is 0 Å². The molecule has 0 aromatic heterocycles. The molecule has 0 aromatic carbocycles. The van der Waals surface area contributed by atoms with Crippen molar-refractivity contribution in [3.63, 3.8) is 0 Å². The molecule has 0 aliphatic heterocycles. The zero-order valence-corrected chi connectivity index (χ0v) is 7.50. The van der Waals surface area contributed by atoms with Gasteiger partial charge in [0.1, 0.15) is 0 Å². The predicted octanol–water partition coefficient (Wildman–Crippen LogP) is 1.19. The summed E-state index contributed by atoms with van der Waals surface area (Å²) in [6.07, 6.45) is 0.242. The number of aliphatic carboxylic acids is 1. The fraction of sp³-hybridized carbons (Fsp3) is 0.875. The fourth-order valence-electron chi connectivity index (χ4n) is 1.02. The van der Waals surface area contributed by atoms with Crippen LogP contribution in [0.15, 0.2) is 0 Å². The molecule has 0 bridgehead atoms. The third kappa shape index (κ3) is 4.79. The zero-order valence-electron chi connectivity index (χ0n) is 7.50. The normalized spacial score (nSPS) is 11.0. The Bertz CT molecular complexity index is 123. The van der Waals surface area contributed by atoms with Crippen molar-refractivity contribution in [1.29, 1.82) is 0 Å². The number of nitrogens with zero attached hydrogens (tertiary/aromatic N) is 1. The van der Waals surface area contributed by atoms with E-state index in [0.717, 1.165) is 6.54 Å². The molecule has 0 atom stereocenters. The van der Waals surface area contributed by atoms with Gasteiger partial charge in [-0.1, -0.05) is 6.92 Å². The Kier molecular flexibility index (Phi) is 4.86. The van der Waals surface area contributed by atoms with Crippen molar-refractivity contribution in [2.45, 2.75) is 33.2 Å². The molecule has 66 valence electrons. The average molecular weight is 159 g/mol. The van der Waals surface area contributed by atoms with Crippen LogP contribution < -0.4 is 0 Å². The van der Waals surface area contributed by atoms with E-state index in [9.17, 15) is 4.79 Å². The van der Waals surface area contributed by atoms with E-state index in [4.69, 9.17) is 5.11 Å². The maximum absolute atomic E-state index is 10.2. The molecule has 0 aromatic rings. The Morgan fingerprint density at radius 1 is 1.55 bits per heavy atom. The quantitative estimate of drug-likeness (QED) is 0.655. The topological polar surface area (TPSA) is 40.5 Å². The van der Waals surface area contributed by atoms with Crippen LogP contribution in [0.3, 0.4) is 0 Å². The van der Waals surface area contributed by atoms with E-state index in [2.05, 4.69) is 18.7 Å². The molecule has 3 nitrogen and oxygen atoms in total. The summed E-state index contributed by atoms with van der Waals surface area (Å²) in [4.78, 5) is 12.3. The second-order valence-corrected chi connectivity index (χ2v) is 2.87. The minimum atomic E-state index is -0.718. The summed E-state index contributed by atoms with van der Waals surface area (Å²) in [7, 11) is 0. The highest BCUT2D eigenvalue weighted by Gasteiger charge is 2.07.